The summed E-state index contributed by atoms with van der Waals surface area (Å²) in [7, 11) is 2.04. The van der Waals surface area contributed by atoms with E-state index in [1.807, 2.05) is 40.0 Å². The van der Waals surface area contributed by atoms with E-state index in [9.17, 15) is 4.79 Å². The highest BCUT2D eigenvalue weighted by Crippen LogP contribution is 2.25. The van der Waals surface area contributed by atoms with Crippen molar-refractivity contribution in [1.82, 2.24) is 5.32 Å². The van der Waals surface area contributed by atoms with Gasteiger partial charge in [0.25, 0.3) is 0 Å². The summed E-state index contributed by atoms with van der Waals surface area (Å²) in [6.45, 7) is 6.41. The molecule has 2 rings (SSSR count). The first-order valence-corrected chi connectivity index (χ1v) is 6.64. The number of carbonyl (C=O) groups is 1. The fourth-order valence-electron chi connectivity index (χ4n) is 2.39. The molecule has 0 aromatic heterocycles. The predicted molar refractivity (Wildman–Crippen MR) is 76.6 cm³/mol. The molecule has 0 aliphatic carbocycles. The molecule has 1 amide bonds. The molecule has 0 spiro atoms. The lowest BCUT2D eigenvalue weighted by molar-refractivity contribution is 0.0505. The first kappa shape index (κ1) is 13.7. The number of hydrogen-bond acceptors (Lipinski definition) is 3. The molecule has 0 saturated heterocycles. The van der Waals surface area contributed by atoms with Crippen LogP contribution in [-0.4, -0.2) is 31.3 Å². The summed E-state index contributed by atoms with van der Waals surface area (Å²) in [6, 6.07) is 8.38. The van der Waals surface area contributed by atoms with Gasteiger partial charge >= 0.3 is 6.09 Å². The van der Waals surface area contributed by atoms with E-state index < -0.39 is 5.60 Å². The first-order chi connectivity index (χ1) is 8.85. The van der Waals surface area contributed by atoms with E-state index in [2.05, 4.69) is 22.3 Å². The fourth-order valence-corrected chi connectivity index (χ4v) is 2.39. The average Bonchev–Trinajstić information content (AvgIpc) is 2.26. The minimum Gasteiger partial charge on any atom is -0.444 e. The number of hydrogen-bond donors (Lipinski definition) is 1. The molecule has 1 aromatic rings. The largest absolute Gasteiger partial charge is 0.444 e. The third-order valence-electron chi connectivity index (χ3n) is 3.08. The van der Waals surface area contributed by atoms with Crippen molar-refractivity contribution in [3.05, 3.63) is 29.8 Å². The van der Waals surface area contributed by atoms with Crippen molar-refractivity contribution in [1.29, 1.82) is 0 Å². The number of fused-ring (bicyclic) bond motifs is 1. The zero-order valence-corrected chi connectivity index (χ0v) is 12.1. The molecule has 4 heteroatoms. The van der Waals surface area contributed by atoms with Gasteiger partial charge < -0.3 is 15.0 Å². The van der Waals surface area contributed by atoms with Crippen LogP contribution in [0.2, 0.25) is 0 Å². The number of benzene rings is 1. The van der Waals surface area contributed by atoms with Crippen molar-refractivity contribution >= 4 is 11.8 Å². The molecule has 1 aliphatic rings. The second-order valence-corrected chi connectivity index (χ2v) is 6.06. The Labute approximate surface area is 114 Å². The zero-order valence-electron chi connectivity index (χ0n) is 12.1. The molecule has 4 nitrogen and oxygen atoms in total. The molecule has 0 radical (unpaired) electrons. The Bertz CT molecular complexity index is 465. The molecule has 1 aliphatic heterocycles. The molecule has 0 unspecified atom stereocenters. The average molecular weight is 262 g/mol. The van der Waals surface area contributed by atoms with Gasteiger partial charge in [-0.1, -0.05) is 18.2 Å². The van der Waals surface area contributed by atoms with Crippen LogP contribution in [0.25, 0.3) is 0 Å². The van der Waals surface area contributed by atoms with Crippen LogP contribution in [0.5, 0.6) is 0 Å². The van der Waals surface area contributed by atoms with E-state index in [1.165, 1.54) is 11.3 Å². The van der Waals surface area contributed by atoms with Crippen molar-refractivity contribution in [2.24, 2.45) is 0 Å². The van der Waals surface area contributed by atoms with Crippen LogP contribution in [0.4, 0.5) is 10.5 Å². The lowest BCUT2D eigenvalue weighted by Crippen LogP contribution is -2.48. The highest BCUT2D eigenvalue weighted by molar-refractivity contribution is 5.69. The smallest absolute Gasteiger partial charge is 0.407 e. The molecule has 19 heavy (non-hydrogen) atoms. The molecule has 1 heterocycles. The third kappa shape index (κ3) is 3.63. The summed E-state index contributed by atoms with van der Waals surface area (Å²) in [4.78, 5) is 14.0. The molecule has 1 N–H and O–H groups in total. The van der Waals surface area contributed by atoms with Crippen molar-refractivity contribution in [2.45, 2.75) is 38.8 Å². The normalized spacial score (nSPS) is 18.7. The fraction of sp³-hybridized carbons (Fsp3) is 0.533. The second kappa shape index (κ2) is 5.11. The van der Waals surface area contributed by atoms with Gasteiger partial charge in [-0.05, 0) is 38.8 Å². The summed E-state index contributed by atoms with van der Waals surface area (Å²) in [6.07, 6.45) is 0.505. The minimum absolute atomic E-state index is 0.0924. The van der Waals surface area contributed by atoms with Crippen molar-refractivity contribution in [2.75, 3.05) is 18.5 Å². The number of anilines is 1. The lowest BCUT2D eigenvalue weighted by atomic mass is 9.98. The number of likely N-dealkylation sites (N-methyl/N-ethyl adjacent to an activating group) is 1. The number of nitrogens with zero attached hydrogens (tertiary/aromatic N) is 1. The number of carbonyl (C=O) groups excluding carboxylic acids is 1. The highest BCUT2D eigenvalue weighted by atomic mass is 16.6. The zero-order chi connectivity index (χ0) is 14.0. The van der Waals surface area contributed by atoms with Gasteiger partial charge in [-0.3, -0.25) is 0 Å². The molecule has 104 valence electrons. The number of rotatable bonds is 1. The van der Waals surface area contributed by atoms with Gasteiger partial charge in [-0.15, -0.1) is 0 Å². The Balaban J connectivity index is 2.00. The Morgan fingerprint density at radius 2 is 2.05 bits per heavy atom. The summed E-state index contributed by atoms with van der Waals surface area (Å²) in [5.74, 6) is 0. The maximum absolute atomic E-state index is 11.8. The third-order valence-corrected chi connectivity index (χ3v) is 3.08. The van der Waals surface area contributed by atoms with Crippen molar-refractivity contribution in [3.8, 4) is 0 Å². The van der Waals surface area contributed by atoms with Gasteiger partial charge in [0.1, 0.15) is 5.60 Å². The van der Waals surface area contributed by atoms with Gasteiger partial charge in [0.15, 0.2) is 0 Å². The Kier molecular flexibility index (Phi) is 3.69. The lowest BCUT2D eigenvalue weighted by Gasteiger charge is -2.34. The minimum atomic E-state index is -0.456. The summed E-state index contributed by atoms with van der Waals surface area (Å²) < 4.78 is 5.30. The number of ether oxygens (including phenoxy) is 1. The Hall–Kier alpha value is -1.71. The Morgan fingerprint density at radius 1 is 1.37 bits per heavy atom. The van der Waals surface area contributed by atoms with Gasteiger partial charge in [0.05, 0.1) is 6.04 Å². The summed E-state index contributed by atoms with van der Waals surface area (Å²) in [5, 5.41) is 2.94. The molecule has 0 saturated carbocycles. The second-order valence-electron chi connectivity index (χ2n) is 6.06. The van der Waals surface area contributed by atoms with Crippen LogP contribution in [0.1, 0.15) is 26.3 Å². The van der Waals surface area contributed by atoms with Crippen LogP contribution in [0.15, 0.2) is 24.3 Å². The summed E-state index contributed by atoms with van der Waals surface area (Å²) in [5.41, 5.74) is 2.05. The van der Waals surface area contributed by atoms with E-state index in [4.69, 9.17) is 4.74 Å². The topological polar surface area (TPSA) is 41.6 Å². The molecule has 0 bridgehead atoms. The molecular formula is C15H22N2O2. The maximum atomic E-state index is 11.8. The number of para-hydroxylation sites is 1. The number of alkyl carbamates (subject to hydrolysis) is 1. The maximum Gasteiger partial charge on any atom is 0.407 e. The van der Waals surface area contributed by atoms with Crippen LogP contribution >= 0.6 is 0 Å². The Morgan fingerprint density at radius 3 is 2.74 bits per heavy atom. The van der Waals surface area contributed by atoms with Crippen LogP contribution in [0, 0.1) is 0 Å². The van der Waals surface area contributed by atoms with Crippen LogP contribution in [-0.2, 0) is 11.2 Å². The van der Waals surface area contributed by atoms with Crippen molar-refractivity contribution in [3.63, 3.8) is 0 Å². The van der Waals surface area contributed by atoms with Crippen LogP contribution in [0.3, 0.4) is 0 Å². The molecule has 1 atom stereocenters. The molecule has 0 fully saturated rings. The highest BCUT2D eigenvalue weighted by Gasteiger charge is 2.25. The van der Waals surface area contributed by atoms with E-state index >= 15 is 0 Å². The van der Waals surface area contributed by atoms with E-state index in [0.717, 1.165) is 13.0 Å². The monoisotopic (exact) mass is 262 g/mol. The molecule has 1 aromatic carbocycles. The van der Waals surface area contributed by atoms with E-state index in [1.54, 1.807) is 0 Å². The first-order valence-electron chi connectivity index (χ1n) is 6.64. The van der Waals surface area contributed by atoms with Gasteiger partial charge in [-0.2, -0.15) is 0 Å². The SMILES string of the molecule is CN1C[C@@H](NC(=O)OC(C)(C)C)Cc2ccccc21. The van der Waals surface area contributed by atoms with Crippen molar-refractivity contribution < 1.29 is 9.53 Å². The number of nitrogens with one attached hydrogen (secondary N) is 1. The number of amides is 1. The van der Waals surface area contributed by atoms with E-state index in [-0.39, 0.29) is 12.1 Å². The van der Waals surface area contributed by atoms with Crippen LogP contribution < -0.4 is 10.2 Å². The van der Waals surface area contributed by atoms with Gasteiger partial charge in [-0.25, -0.2) is 4.79 Å². The van der Waals surface area contributed by atoms with Gasteiger partial charge in [0, 0.05) is 19.3 Å². The predicted octanol–water partition coefficient (Wildman–Crippen LogP) is 2.57. The van der Waals surface area contributed by atoms with Gasteiger partial charge in [0.2, 0.25) is 0 Å². The quantitative estimate of drug-likeness (QED) is 0.845. The summed E-state index contributed by atoms with van der Waals surface area (Å²) >= 11 is 0. The standard InChI is InChI=1S/C15H22N2O2/c1-15(2,3)19-14(18)16-12-9-11-7-5-6-8-13(11)17(4)10-12/h5-8,12H,9-10H2,1-4H3,(H,16,18)/t12-/m0/s1. The molecular weight excluding hydrogens is 240 g/mol. The van der Waals surface area contributed by atoms with E-state index in [0.29, 0.717) is 0 Å².